The second kappa shape index (κ2) is 8.10. The van der Waals surface area contributed by atoms with Gasteiger partial charge in [-0.2, -0.15) is 0 Å². The van der Waals surface area contributed by atoms with Crippen LogP contribution in [0.3, 0.4) is 0 Å². The molecule has 2 aromatic carbocycles. The number of carbonyl (C=O) groups excluding carboxylic acids is 1. The molecule has 0 fully saturated rings. The van der Waals surface area contributed by atoms with Crippen molar-refractivity contribution in [1.29, 1.82) is 0 Å². The van der Waals surface area contributed by atoms with E-state index in [-0.39, 0.29) is 12.3 Å². The molecule has 1 N–H and O–H groups in total. The Balaban J connectivity index is 1.51. The van der Waals surface area contributed by atoms with Gasteiger partial charge < -0.3 is 14.5 Å². The molecular formula is C19H19N3O3. The Hall–Kier alpha value is -3.15. The minimum absolute atomic E-state index is 0.108. The molecule has 3 rings (SSSR count). The Bertz CT molecular complexity index is 813. The third-order valence-electron chi connectivity index (χ3n) is 3.50. The number of aromatic nitrogens is 2. The van der Waals surface area contributed by atoms with E-state index in [9.17, 15) is 4.79 Å². The van der Waals surface area contributed by atoms with Crippen LogP contribution >= 0.6 is 0 Å². The molecule has 6 heteroatoms. The maximum Gasteiger partial charge on any atom is 0.247 e. The van der Waals surface area contributed by atoms with Gasteiger partial charge >= 0.3 is 0 Å². The number of benzene rings is 2. The zero-order valence-electron chi connectivity index (χ0n) is 13.9. The minimum atomic E-state index is -0.108. The highest BCUT2D eigenvalue weighted by Gasteiger charge is 2.10. The zero-order chi connectivity index (χ0) is 17.5. The monoisotopic (exact) mass is 337 g/mol. The van der Waals surface area contributed by atoms with Gasteiger partial charge in [0.25, 0.3) is 0 Å². The second-order valence-corrected chi connectivity index (χ2v) is 5.37. The van der Waals surface area contributed by atoms with Crippen molar-refractivity contribution in [3.63, 3.8) is 0 Å². The van der Waals surface area contributed by atoms with Crippen LogP contribution in [-0.4, -0.2) is 22.7 Å². The fourth-order valence-corrected chi connectivity index (χ4v) is 2.30. The first-order valence-electron chi connectivity index (χ1n) is 8.15. The van der Waals surface area contributed by atoms with Crippen molar-refractivity contribution in [2.45, 2.75) is 19.8 Å². The van der Waals surface area contributed by atoms with E-state index in [0.29, 0.717) is 24.8 Å². The predicted molar refractivity (Wildman–Crippen MR) is 94.3 cm³/mol. The standard InChI is InChI=1S/C19H19N3O3/c1-2-24-16-10-8-15(9-11-16)20-17(23)12-13-18-21-22-19(25-18)14-6-4-3-5-7-14/h3-11H,2,12-13H2,1H3,(H,20,23). The van der Waals surface area contributed by atoms with Crippen molar-refractivity contribution in [3.05, 3.63) is 60.5 Å². The first-order valence-corrected chi connectivity index (χ1v) is 8.15. The van der Waals surface area contributed by atoms with Gasteiger partial charge in [-0.05, 0) is 43.3 Å². The average molecular weight is 337 g/mol. The van der Waals surface area contributed by atoms with Crippen LogP contribution in [-0.2, 0) is 11.2 Å². The molecule has 1 amide bonds. The highest BCUT2D eigenvalue weighted by Crippen LogP contribution is 2.18. The minimum Gasteiger partial charge on any atom is -0.494 e. The van der Waals surface area contributed by atoms with E-state index in [0.717, 1.165) is 17.0 Å². The summed E-state index contributed by atoms with van der Waals surface area (Å²) in [6.45, 7) is 2.54. The van der Waals surface area contributed by atoms with Crippen LogP contribution < -0.4 is 10.1 Å². The van der Waals surface area contributed by atoms with Gasteiger partial charge in [0.2, 0.25) is 17.7 Å². The SMILES string of the molecule is CCOc1ccc(NC(=O)CCc2nnc(-c3ccccc3)o2)cc1. The maximum atomic E-state index is 12.0. The molecule has 3 aromatic rings. The number of rotatable bonds is 7. The lowest BCUT2D eigenvalue weighted by Crippen LogP contribution is -2.12. The Labute approximate surface area is 145 Å². The quantitative estimate of drug-likeness (QED) is 0.711. The number of carbonyl (C=O) groups is 1. The van der Waals surface area contributed by atoms with Crippen LogP contribution in [0, 0.1) is 0 Å². The van der Waals surface area contributed by atoms with E-state index < -0.39 is 0 Å². The van der Waals surface area contributed by atoms with Gasteiger partial charge in [0.15, 0.2) is 0 Å². The molecule has 6 nitrogen and oxygen atoms in total. The van der Waals surface area contributed by atoms with Gasteiger partial charge in [0.1, 0.15) is 5.75 Å². The summed E-state index contributed by atoms with van der Waals surface area (Å²) in [4.78, 5) is 12.0. The summed E-state index contributed by atoms with van der Waals surface area (Å²) >= 11 is 0. The molecular weight excluding hydrogens is 318 g/mol. The van der Waals surface area contributed by atoms with Crippen LogP contribution in [0.5, 0.6) is 5.75 Å². The van der Waals surface area contributed by atoms with Crippen LogP contribution in [0.15, 0.2) is 59.0 Å². The van der Waals surface area contributed by atoms with Crippen LogP contribution in [0.25, 0.3) is 11.5 Å². The lowest BCUT2D eigenvalue weighted by atomic mass is 10.2. The largest absolute Gasteiger partial charge is 0.494 e. The topological polar surface area (TPSA) is 77.2 Å². The van der Waals surface area contributed by atoms with Crippen LogP contribution in [0.2, 0.25) is 0 Å². The normalized spacial score (nSPS) is 10.4. The molecule has 0 radical (unpaired) electrons. The Morgan fingerprint density at radius 1 is 1.08 bits per heavy atom. The Kier molecular flexibility index (Phi) is 5.41. The first-order chi connectivity index (χ1) is 12.2. The number of anilines is 1. The van der Waals surface area contributed by atoms with Crippen molar-refractivity contribution in [2.24, 2.45) is 0 Å². The van der Waals surface area contributed by atoms with Gasteiger partial charge in [-0.3, -0.25) is 4.79 Å². The van der Waals surface area contributed by atoms with Gasteiger partial charge in [-0.15, -0.1) is 10.2 Å². The summed E-state index contributed by atoms with van der Waals surface area (Å²) in [6.07, 6.45) is 0.659. The Morgan fingerprint density at radius 2 is 1.84 bits per heavy atom. The molecule has 0 bridgehead atoms. The number of amides is 1. The molecule has 0 aliphatic heterocycles. The van der Waals surface area contributed by atoms with Crippen molar-refractivity contribution < 1.29 is 13.9 Å². The number of hydrogen-bond donors (Lipinski definition) is 1. The third-order valence-corrected chi connectivity index (χ3v) is 3.50. The Morgan fingerprint density at radius 3 is 2.56 bits per heavy atom. The van der Waals surface area contributed by atoms with E-state index in [2.05, 4.69) is 15.5 Å². The molecule has 0 aliphatic rings. The highest BCUT2D eigenvalue weighted by molar-refractivity contribution is 5.90. The lowest BCUT2D eigenvalue weighted by Gasteiger charge is -2.06. The van der Waals surface area contributed by atoms with Crippen molar-refractivity contribution >= 4 is 11.6 Å². The third kappa shape index (κ3) is 4.67. The fraction of sp³-hybridized carbons (Fsp3) is 0.211. The molecule has 0 saturated heterocycles. The van der Waals surface area contributed by atoms with Crippen LogP contribution in [0.1, 0.15) is 19.2 Å². The molecule has 1 heterocycles. The highest BCUT2D eigenvalue weighted by atomic mass is 16.5. The summed E-state index contributed by atoms with van der Waals surface area (Å²) in [7, 11) is 0. The first kappa shape index (κ1) is 16.7. The van der Waals surface area contributed by atoms with E-state index in [1.165, 1.54) is 0 Å². The number of nitrogens with one attached hydrogen (secondary N) is 1. The summed E-state index contributed by atoms with van der Waals surface area (Å²) in [6, 6.07) is 16.8. The van der Waals surface area contributed by atoms with Crippen LogP contribution in [0.4, 0.5) is 5.69 Å². The maximum absolute atomic E-state index is 12.0. The molecule has 25 heavy (non-hydrogen) atoms. The van der Waals surface area contributed by atoms with E-state index >= 15 is 0 Å². The van der Waals surface area contributed by atoms with E-state index in [1.807, 2.05) is 61.5 Å². The summed E-state index contributed by atoms with van der Waals surface area (Å²) in [5.41, 5.74) is 1.59. The smallest absolute Gasteiger partial charge is 0.247 e. The summed E-state index contributed by atoms with van der Waals surface area (Å²) in [5.74, 6) is 1.58. The van der Waals surface area contributed by atoms with E-state index in [4.69, 9.17) is 9.15 Å². The van der Waals surface area contributed by atoms with Crippen molar-refractivity contribution in [3.8, 4) is 17.2 Å². The predicted octanol–water partition coefficient (Wildman–Crippen LogP) is 3.71. The molecule has 0 atom stereocenters. The molecule has 0 spiro atoms. The van der Waals surface area contributed by atoms with Gasteiger partial charge in [0.05, 0.1) is 6.61 Å². The second-order valence-electron chi connectivity index (χ2n) is 5.37. The summed E-state index contributed by atoms with van der Waals surface area (Å²) in [5, 5.41) is 10.8. The molecule has 128 valence electrons. The van der Waals surface area contributed by atoms with Gasteiger partial charge in [0, 0.05) is 24.1 Å². The molecule has 0 saturated carbocycles. The number of aryl methyl sites for hydroxylation is 1. The summed E-state index contributed by atoms with van der Waals surface area (Å²) < 4.78 is 11.0. The fourth-order valence-electron chi connectivity index (χ4n) is 2.30. The number of nitrogens with zero attached hydrogens (tertiary/aromatic N) is 2. The lowest BCUT2D eigenvalue weighted by molar-refractivity contribution is -0.116. The van der Waals surface area contributed by atoms with Crippen molar-refractivity contribution in [2.75, 3.05) is 11.9 Å². The molecule has 1 aromatic heterocycles. The van der Waals surface area contributed by atoms with Gasteiger partial charge in [-0.25, -0.2) is 0 Å². The van der Waals surface area contributed by atoms with Gasteiger partial charge in [-0.1, -0.05) is 18.2 Å². The molecule has 0 unspecified atom stereocenters. The number of hydrogen-bond acceptors (Lipinski definition) is 5. The number of ether oxygens (including phenoxy) is 1. The average Bonchev–Trinajstić information content (AvgIpc) is 3.12. The van der Waals surface area contributed by atoms with E-state index in [1.54, 1.807) is 0 Å². The zero-order valence-corrected chi connectivity index (χ0v) is 13.9. The van der Waals surface area contributed by atoms with Crippen molar-refractivity contribution in [1.82, 2.24) is 10.2 Å². The molecule has 0 aliphatic carbocycles.